The third-order valence-electron chi connectivity index (χ3n) is 6.06. The van der Waals surface area contributed by atoms with Crippen molar-refractivity contribution in [3.63, 3.8) is 0 Å². The number of aliphatic hydroxyl groups is 1. The predicted molar refractivity (Wildman–Crippen MR) is 123 cm³/mol. The van der Waals surface area contributed by atoms with Crippen molar-refractivity contribution in [1.29, 1.82) is 0 Å². The van der Waals surface area contributed by atoms with E-state index in [0.29, 0.717) is 5.75 Å². The lowest BCUT2D eigenvalue weighted by Gasteiger charge is -2.36. The van der Waals surface area contributed by atoms with Gasteiger partial charge in [0.05, 0.1) is 6.10 Å². The number of phenols is 1. The van der Waals surface area contributed by atoms with Crippen LogP contribution in [0, 0.1) is 5.82 Å². The first kappa shape index (κ1) is 22.3. The summed E-state index contributed by atoms with van der Waals surface area (Å²) in [6, 6.07) is 22.2. The quantitative estimate of drug-likeness (QED) is 0.528. The van der Waals surface area contributed by atoms with E-state index in [2.05, 4.69) is 29.2 Å². The zero-order valence-electron chi connectivity index (χ0n) is 18.2. The second-order valence-electron chi connectivity index (χ2n) is 8.47. The molecular formula is C27H30FNO3. The van der Waals surface area contributed by atoms with E-state index in [0.717, 1.165) is 50.8 Å². The van der Waals surface area contributed by atoms with Gasteiger partial charge in [-0.25, -0.2) is 4.39 Å². The lowest BCUT2D eigenvalue weighted by Crippen LogP contribution is -2.45. The minimum Gasteiger partial charge on any atom is -0.504 e. The molecule has 0 radical (unpaired) electrons. The molecule has 3 aromatic carbocycles. The number of nitrogens with zero attached hydrogens (tertiary/aromatic N) is 1. The number of aliphatic hydroxyl groups excluding tert-OH is 1. The third kappa shape index (κ3) is 6.09. The van der Waals surface area contributed by atoms with Gasteiger partial charge in [0.1, 0.15) is 5.82 Å². The van der Waals surface area contributed by atoms with E-state index < -0.39 is 0 Å². The van der Waals surface area contributed by atoms with Gasteiger partial charge in [-0.2, -0.15) is 0 Å². The monoisotopic (exact) mass is 435 g/mol. The van der Waals surface area contributed by atoms with Gasteiger partial charge in [0.25, 0.3) is 0 Å². The summed E-state index contributed by atoms with van der Waals surface area (Å²) in [6.07, 6.45) is 3.45. The fourth-order valence-electron chi connectivity index (χ4n) is 4.15. The SMILES string of the molecule is Oc1ccccc1OC(CCc1ccc(Cc2ccc(F)cc2)cc1)N1CCC(O)CC1. The number of ether oxygens (including phenoxy) is 1. The summed E-state index contributed by atoms with van der Waals surface area (Å²) in [7, 11) is 0. The van der Waals surface area contributed by atoms with Crippen molar-refractivity contribution >= 4 is 0 Å². The summed E-state index contributed by atoms with van der Waals surface area (Å²) in [5.74, 6) is 0.408. The first-order valence-electron chi connectivity index (χ1n) is 11.3. The molecule has 1 aliphatic rings. The van der Waals surface area contributed by atoms with Crippen LogP contribution < -0.4 is 4.74 Å². The molecule has 4 nitrogen and oxygen atoms in total. The van der Waals surface area contributed by atoms with Crippen molar-refractivity contribution in [3.8, 4) is 11.5 Å². The van der Waals surface area contributed by atoms with Gasteiger partial charge in [-0.05, 0) is 66.6 Å². The highest BCUT2D eigenvalue weighted by molar-refractivity contribution is 5.38. The molecule has 1 unspecified atom stereocenters. The van der Waals surface area contributed by atoms with Gasteiger partial charge in [0, 0.05) is 19.5 Å². The van der Waals surface area contributed by atoms with Gasteiger partial charge in [-0.1, -0.05) is 48.5 Å². The molecule has 0 amide bonds. The Morgan fingerprint density at radius 3 is 2.12 bits per heavy atom. The maximum atomic E-state index is 13.1. The highest BCUT2D eigenvalue weighted by atomic mass is 19.1. The van der Waals surface area contributed by atoms with Crippen LogP contribution in [0.2, 0.25) is 0 Å². The molecule has 1 atom stereocenters. The Hall–Kier alpha value is -2.89. The van der Waals surface area contributed by atoms with Crippen molar-refractivity contribution in [2.75, 3.05) is 13.1 Å². The molecule has 0 aliphatic carbocycles. The topological polar surface area (TPSA) is 52.9 Å². The van der Waals surface area contributed by atoms with E-state index in [9.17, 15) is 14.6 Å². The van der Waals surface area contributed by atoms with Crippen LogP contribution in [0.3, 0.4) is 0 Å². The fraction of sp³-hybridized carbons (Fsp3) is 0.333. The second-order valence-corrected chi connectivity index (χ2v) is 8.47. The number of benzene rings is 3. The van der Waals surface area contributed by atoms with Crippen LogP contribution in [-0.2, 0) is 12.8 Å². The molecule has 3 aromatic rings. The molecule has 5 heteroatoms. The number of halogens is 1. The largest absolute Gasteiger partial charge is 0.504 e. The van der Waals surface area contributed by atoms with Crippen LogP contribution in [0.5, 0.6) is 11.5 Å². The molecule has 1 saturated heterocycles. The van der Waals surface area contributed by atoms with E-state index in [1.54, 1.807) is 18.2 Å². The summed E-state index contributed by atoms with van der Waals surface area (Å²) < 4.78 is 19.3. The molecule has 1 aliphatic heterocycles. The lowest BCUT2D eigenvalue weighted by atomic mass is 10.0. The van der Waals surface area contributed by atoms with Crippen molar-refractivity contribution in [2.24, 2.45) is 0 Å². The Balaban J connectivity index is 1.39. The third-order valence-corrected chi connectivity index (χ3v) is 6.06. The van der Waals surface area contributed by atoms with Gasteiger partial charge in [0.2, 0.25) is 0 Å². The molecule has 2 N–H and O–H groups in total. The average Bonchev–Trinajstić information content (AvgIpc) is 2.81. The predicted octanol–water partition coefficient (Wildman–Crippen LogP) is 4.92. The lowest BCUT2D eigenvalue weighted by molar-refractivity contribution is -0.0221. The van der Waals surface area contributed by atoms with E-state index in [-0.39, 0.29) is 23.9 Å². The van der Waals surface area contributed by atoms with Gasteiger partial charge in [-0.3, -0.25) is 4.90 Å². The van der Waals surface area contributed by atoms with Crippen molar-refractivity contribution in [2.45, 2.75) is 44.4 Å². The molecule has 4 rings (SSSR count). The van der Waals surface area contributed by atoms with Crippen molar-refractivity contribution in [3.05, 3.63) is 95.3 Å². The van der Waals surface area contributed by atoms with Gasteiger partial charge < -0.3 is 14.9 Å². The number of rotatable bonds is 8. The van der Waals surface area contributed by atoms with Crippen LogP contribution in [0.25, 0.3) is 0 Å². The summed E-state index contributed by atoms with van der Waals surface area (Å²) in [5.41, 5.74) is 3.49. The highest BCUT2D eigenvalue weighted by Crippen LogP contribution is 2.28. The van der Waals surface area contributed by atoms with E-state index in [1.807, 2.05) is 18.2 Å². The van der Waals surface area contributed by atoms with E-state index in [4.69, 9.17) is 4.74 Å². The molecule has 168 valence electrons. The second kappa shape index (κ2) is 10.6. The Morgan fingerprint density at radius 1 is 0.875 bits per heavy atom. The number of piperidine rings is 1. The summed E-state index contributed by atoms with van der Waals surface area (Å²) in [5, 5.41) is 20.0. The highest BCUT2D eigenvalue weighted by Gasteiger charge is 2.26. The molecule has 0 spiro atoms. The van der Waals surface area contributed by atoms with Crippen LogP contribution in [0.4, 0.5) is 4.39 Å². The van der Waals surface area contributed by atoms with Crippen LogP contribution in [0.15, 0.2) is 72.8 Å². The number of aromatic hydroxyl groups is 1. The Labute approximate surface area is 188 Å². The smallest absolute Gasteiger partial charge is 0.163 e. The minimum absolute atomic E-state index is 0.139. The molecule has 1 heterocycles. The van der Waals surface area contributed by atoms with Gasteiger partial charge in [0.15, 0.2) is 17.7 Å². The number of hydrogen-bond acceptors (Lipinski definition) is 4. The minimum atomic E-state index is -0.245. The number of phenolic OH excluding ortho intramolecular Hbond substituents is 1. The molecule has 0 saturated carbocycles. The van der Waals surface area contributed by atoms with Crippen molar-refractivity contribution in [1.82, 2.24) is 4.90 Å². The normalized spacial score (nSPS) is 16.1. The first-order valence-corrected chi connectivity index (χ1v) is 11.3. The fourth-order valence-corrected chi connectivity index (χ4v) is 4.15. The molecule has 0 aromatic heterocycles. The zero-order chi connectivity index (χ0) is 22.3. The zero-order valence-corrected chi connectivity index (χ0v) is 18.2. The van der Waals surface area contributed by atoms with E-state index >= 15 is 0 Å². The summed E-state index contributed by atoms with van der Waals surface area (Å²) in [4.78, 5) is 2.25. The summed E-state index contributed by atoms with van der Waals surface area (Å²) >= 11 is 0. The Morgan fingerprint density at radius 2 is 1.47 bits per heavy atom. The number of aryl methyl sites for hydroxylation is 1. The van der Waals surface area contributed by atoms with Crippen LogP contribution >= 0.6 is 0 Å². The van der Waals surface area contributed by atoms with E-state index in [1.165, 1.54) is 23.3 Å². The van der Waals surface area contributed by atoms with Crippen LogP contribution in [0.1, 0.15) is 36.0 Å². The Bertz CT molecular complexity index is 983. The van der Waals surface area contributed by atoms with Gasteiger partial charge in [-0.15, -0.1) is 0 Å². The first-order chi connectivity index (χ1) is 15.6. The molecule has 1 fully saturated rings. The molecule has 32 heavy (non-hydrogen) atoms. The molecule has 0 bridgehead atoms. The Kier molecular flexibility index (Phi) is 7.40. The summed E-state index contributed by atoms with van der Waals surface area (Å²) in [6.45, 7) is 1.55. The van der Waals surface area contributed by atoms with Gasteiger partial charge >= 0.3 is 0 Å². The maximum absolute atomic E-state index is 13.1. The van der Waals surface area contributed by atoms with Crippen LogP contribution in [-0.4, -0.2) is 40.5 Å². The number of likely N-dealkylation sites (tertiary alicyclic amines) is 1. The van der Waals surface area contributed by atoms with Crippen molar-refractivity contribution < 1.29 is 19.3 Å². The average molecular weight is 436 g/mol. The number of hydrogen-bond donors (Lipinski definition) is 2. The standard InChI is InChI=1S/C27H30FNO3/c28-23-12-9-22(10-13-23)19-21-7-5-20(6-8-21)11-14-27(29-17-15-24(30)16-18-29)32-26-4-2-1-3-25(26)31/h1-10,12-13,24,27,30-31H,11,14-19H2. The molecular weight excluding hydrogens is 405 g/mol. The number of para-hydroxylation sites is 2. The maximum Gasteiger partial charge on any atom is 0.163 e.